The molecule has 1 heterocycles. The van der Waals surface area contributed by atoms with E-state index >= 15 is 0 Å². The summed E-state index contributed by atoms with van der Waals surface area (Å²) >= 11 is 0. The average molecular weight is 192 g/mol. The van der Waals surface area contributed by atoms with Crippen LogP contribution in [0, 0.1) is 5.41 Å². The monoisotopic (exact) mass is 192 g/mol. The normalized spacial score (nSPS) is 12.9. The molecule has 0 amide bonds. The highest BCUT2D eigenvalue weighted by molar-refractivity contribution is 4.85. The molecule has 0 saturated carbocycles. The summed E-state index contributed by atoms with van der Waals surface area (Å²) in [5.74, 6) is 0. The summed E-state index contributed by atoms with van der Waals surface area (Å²) in [4.78, 5) is 0. The van der Waals surface area contributed by atoms with Crippen LogP contribution in [0.5, 0.6) is 0 Å². The third kappa shape index (κ3) is 3.13. The highest BCUT2D eigenvalue weighted by Crippen LogP contribution is 2.28. The molecule has 1 rings (SSSR count). The molecule has 0 aliphatic heterocycles. The Bertz CT molecular complexity index is 280. The van der Waals surface area contributed by atoms with E-state index in [9.17, 15) is 0 Å². The zero-order valence-corrected chi connectivity index (χ0v) is 10.0. The Balaban J connectivity index is 2.86. The van der Waals surface area contributed by atoms with Crippen molar-refractivity contribution in [1.82, 2.24) is 0 Å². The molecule has 0 unspecified atom stereocenters. The van der Waals surface area contributed by atoms with Gasteiger partial charge in [0.2, 0.25) is 0 Å². The topological polar surface area (TPSA) is 3.88 Å². The van der Waals surface area contributed by atoms with Crippen LogP contribution in [0.25, 0.3) is 0 Å². The van der Waals surface area contributed by atoms with E-state index in [4.69, 9.17) is 0 Å². The van der Waals surface area contributed by atoms with E-state index in [2.05, 4.69) is 69.8 Å². The molecular formula is C13H22N+. The van der Waals surface area contributed by atoms with Gasteiger partial charge in [-0.1, -0.05) is 26.8 Å². The maximum Gasteiger partial charge on any atom is 0.169 e. The molecule has 0 bridgehead atoms. The van der Waals surface area contributed by atoms with Crippen LogP contribution in [0.4, 0.5) is 0 Å². The van der Waals surface area contributed by atoms with Gasteiger partial charge in [-0.2, -0.15) is 0 Å². The predicted molar refractivity (Wildman–Crippen MR) is 60.0 cm³/mol. The molecule has 0 N–H and O–H groups in total. The highest BCUT2D eigenvalue weighted by Gasteiger charge is 2.32. The lowest BCUT2D eigenvalue weighted by Crippen LogP contribution is -2.53. The second-order valence-corrected chi connectivity index (χ2v) is 5.83. The van der Waals surface area contributed by atoms with Gasteiger partial charge in [-0.05, 0) is 5.41 Å². The molecule has 0 radical (unpaired) electrons. The molecule has 1 heteroatoms. The molecular weight excluding hydrogens is 170 g/mol. The fourth-order valence-corrected chi connectivity index (χ4v) is 2.19. The SMILES string of the molecule is CC(C)(C)CC(C)(C)[n+]1ccccc1. The molecule has 0 aliphatic rings. The lowest BCUT2D eigenvalue weighted by atomic mass is 9.81. The van der Waals surface area contributed by atoms with Gasteiger partial charge in [0.15, 0.2) is 17.9 Å². The fourth-order valence-electron chi connectivity index (χ4n) is 2.19. The van der Waals surface area contributed by atoms with Gasteiger partial charge in [0.1, 0.15) is 0 Å². The summed E-state index contributed by atoms with van der Waals surface area (Å²) in [5, 5.41) is 0. The van der Waals surface area contributed by atoms with Crippen molar-refractivity contribution in [1.29, 1.82) is 0 Å². The predicted octanol–water partition coefficient (Wildman–Crippen LogP) is 3.15. The van der Waals surface area contributed by atoms with Gasteiger partial charge < -0.3 is 0 Å². The molecule has 1 aromatic rings. The first kappa shape index (κ1) is 11.2. The van der Waals surface area contributed by atoms with Crippen LogP contribution in [0.15, 0.2) is 30.6 Å². The summed E-state index contributed by atoms with van der Waals surface area (Å²) in [6.07, 6.45) is 5.46. The first-order chi connectivity index (χ1) is 6.31. The zero-order chi connectivity index (χ0) is 10.8. The van der Waals surface area contributed by atoms with Crippen LogP contribution in [-0.4, -0.2) is 0 Å². The largest absolute Gasteiger partial charge is 0.200 e. The quantitative estimate of drug-likeness (QED) is 0.634. The third-order valence-electron chi connectivity index (χ3n) is 2.38. The maximum absolute atomic E-state index is 2.29. The second-order valence-electron chi connectivity index (χ2n) is 5.83. The third-order valence-corrected chi connectivity index (χ3v) is 2.38. The minimum Gasteiger partial charge on any atom is -0.200 e. The number of rotatable bonds is 2. The van der Waals surface area contributed by atoms with Crippen LogP contribution in [0.3, 0.4) is 0 Å². The Morgan fingerprint density at radius 3 is 1.79 bits per heavy atom. The van der Waals surface area contributed by atoms with Crippen molar-refractivity contribution in [2.45, 2.75) is 46.6 Å². The summed E-state index contributed by atoms with van der Waals surface area (Å²) in [6, 6.07) is 6.23. The van der Waals surface area contributed by atoms with Gasteiger partial charge in [-0.15, -0.1) is 0 Å². The van der Waals surface area contributed by atoms with Crippen molar-refractivity contribution in [3.63, 3.8) is 0 Å². The molecule has 1 aromatic heterocycles. The van der Waals surface area contributed by atoms with Gasteiger partial charge in [-0.25, -0.2) is 4.57 Å². The van der Waals surface area contributed by atoms with E-state index in [1.54, 1.807) is 0 Å². The number of nitrogens with zero attached hydrogens (tertiary/aromatic N) is 1. The first-order valence-corrected chi connectivity index (χ1v) is 5.28. The lowest BCUT2D eigenvalue weighted by molar-refractivity contribution is -0.760. The van der Waals surface area contributed by atoms with Crippen molar-refractivity contribution < 1.29 is 4.57 Å². The van der Waals surface area contributed by atoms with E-state index in [0.29, 0.717) is 5.41 Å². The standard InChI is InChI=1S/C13H22N/c1-12(2,3)11-13(4,5)14-9-7-6-8-10-14/h6-10H,11H2,1-5H3/q+1. The Labute approximate surface area is 87.8 Å². The average Bonchev–Trinajstić information content (AvgIpc) is 2.01. The van der Waals surface area contributed by atoms with Crippen LogP contribution < -0.4 is 4.57 Å². The number of hydrogen-bond donors (Lipinski definition) is 0. The van der Waals surface area contributed by atoms with Crippen molar-refractivity contribution in [3.05, 3.63) is 30.6 Å². The first-order valence-electron chi connectivity index (χ1n) is 5.28. The Morgan fingerprint density at radius 2 is 1.36 bits per heavy atom. The summed E-state index contributed by atoms with van der Waals surface area (Å²) in [5.41, 5.74) is 0.561. The van der Waals surface area contributed by atoms with Crippen LogP contribution in [0.2, 0.25) is 0 Å². The molecule has 0 atom stereocenters. The van der Waals surface area contributed by atoms with Crippen molar-refractivity contribution in [3.8, 4) is 0 Å². The molecule has 0 saturated heterocycles. The minimum absolute atomic E-state index is 0.194. The highest BCUT2D eigenvalue weighted by atomic mass is 15.0. The van der Waals surface area contributed by atoms with E-state index in [-0.39, 0.29) is 5.54 Å². The molecule has 1 nitrogen and oxygen atoms in total. The number of aromatic nitrogens is 1. The van der Waals surface area contributed by atoms with Gasteiger partial charge in [0.05, 0.1) is 0 Å². The second kappa shape index (κ2) is 3.72. The summed E-state index contributed by atoms with van der Waals surface area (Å²) in [7, 11) is 0. The minimum atomic E-state index is 0.194. The van der Waals surface area contributed by atoms with Gasteiger partial charge in [0, 0.05) is 32.4 Å². The molecule has 14 heavy (non-hydrogen) atoms. The molecule has 0 fully saturated rings. The summed E-state index contributed by atoms with van der Waals surface area (Å²) in [6.45, 7) is 11.4. The van der Waals surface area contributed by atoms with E-state index in [1.807, 2.05) is 0 Å². The Kier molecular flexibility index (Phi) is 2.98. The van der Waals surface area contributed by atoms with Crippen LogP contribution in [0.1, 0.15) is 41.0 Å². The van der Waals surface area contributed by atoms with E-state index in [1.165, 1.54) is 6.42 Å². The molecule has 0 aromatic carbocycles. The molecule has 78 valence electrons. The Hall–Kier alpha value is -0.850. The number of hydrogen-bond acceptors (Lipinski definition) is 0. The van der Waals surface area contributed by atoms with Crippen molar-refractivity contribution in [2.24, 2.45) is 5.41 Å². The van der Waals surface area contributed by atoms with Crippen LogP contribution >= 0.6 is 0 Å². The number of pyridine rings is 1. The molecule has 0 aliphatic carbocycles. The maximum atomic E-state index is 2.29. The van der Waals surface area contributed by atoms with Crippen molar-refractivity contribution in [2.75, 3.05) is 0 Å². The van der Waals surface area contributed by atoms with Gasteiger partial charge in [-0.3, -0.25) is 0 Å². The van der Waals surface area contributed by atoms with Crippen molar-refractivity contribution >= 4 is 0 Å². The van der Waals surface area contributed by atoms with Gasteiger partial charge >= 0.3 is 0 Å². The Morgan fingerprint density at radius 1 is 0.857 bits per heavy atom. The summed E-state index contributed by atoms with van der Waals surface area (Å²) < 4.78 is 2.29. The van der Waals surface area contributed by atoms with Crippen LogP contribution in [-0.2, 0) is 5.54 Å². The van der Waals surface area contributed by atoms with E-state index < -0.39 is 0 Å². The molecule has 0 spiro atoms. The van der Waals surface area contributed by atoms with E-state index in [0.717, 1.165) is 0 Å². The fraction of sp³-hybridized carbons (Fsp3) is 0.615. The zero-order valence-electron chi connectivity index (χ0n) is 10.0. The smallest absolute Gasteiger partial charge is 0.169 e. The lowest BCUT2D eigenvalue weighted by Gasteiger charge is -2.27. The van der Waals surface area contributed by atoms with Gasteiger partial charge in [0.25, 0.3) is 0 Å².